The van der Waals surface area contributed by atoms with E-state index in [1.54, 1.807) is 13.8 Å². The number of halogens is 1. The lowest BCUT2D eigenvalue weighted by atomic mass is 10.2. The molecule has 1 amide bonds. The largest absolute Gasteiger partial charge is 0.478 e. The SMILES string of the molecule is CC(C)OC(=O)Nc1cc(Cl)ccc1C(=O)O. The van der Waals surface area contributed by atoms with Gasteiger partial charge in [0.25, 0.3) is 0 Å². The molecule has 0 radical (unpaired) electrons. The van der Waals surface area contributed by atoms with Crippen LogP contribution in [-0.4, -0.2) is 23.3 Å². The second-order valence-corrected chi connectivity index (χ2v) is 4.01. The van der Waals surface area contributed by atoms with E-state index in [2.05, 4.69) is 5.32 Å². The van der Waals surface area contributed by atoms with Gasteiger partial charge in [-0.15, -0.1) is 0 Å². The summed E-state index contributed by atoms with van der Waals surface area (Å²) in [6, 6.07) is 4.10. The highest BCUT2D eigenvalue weighted by molar-refractivity contribution is 6.31. The second kappa shape index (κ2) is 5.54. The van der Waals surface area contributed by atoms with Crippen molar-refractivity contribution in [2.45, 2.75) is 20.0 Å². The summed E-state index contributed by atoms with van der Waals surface area (Å²) in [6.45, 7) is 3.38. The van der Waals surface area contributed by atoms with E-state index in [-0.39, 0.29) is 17.4 Å². The molecule has 5 nitrogen and oxygen atoms in total. The molecule has 0 saturated heterocycles. The third-order valence-electron chi connectivity index (χ3n) is 1.79. The molecule has 0 heterocycles. The standard InChI is InChI=1S/C11H12ClNO4/c1-6(2)17-11(16)13-9-5-7(12)3-4-8(9)10(14)15/h3-6H,1-2H3,(H,13,16)(H,14,15). The summed E-state index contributed by atoms with van der Waals surface area (Å²) < 4.78 is 4.84. The summed E-state index contributed by atoms with van der Waals surface area (Å²) in [6.07, 6.45) is -1.01. The number of amides is 1. The second-order valence-electron chi connectivity index (χ2n) is 3.57. The van der Waals surface area contributed by atoms with E-state index < -0.39 is 12.1 Å². The minimum absolute atomic E-state index is 0.0462. The molecule has 1 aromatic rings. The first kappa shape index (κ1) is 13.3. The highest BCUT2D eigenvalue weighted by Crippen LogP contribution is 2.21. The number of rotatable bonds is 3. The average Bonchev–Trinajstić information content (AvgIpc) is 2.15. The van der Waals surface area contributed by atoms with Crippen molar-refractivity contribution < 1.29 is 19.4 Å². The van der Waals surface area contributed by atoms with E-state index in [0.29, 0.717) is 5.02 Å². The van der Waals surface area contributed by atoms with E-state index >= 15 is 0 Å². The lowest BCUT2D eigenvalue weighted by Gasteiger charge is -2.11. The molecule has 6 heteroatoms. The molecule has 0 unspecified atom stereocenters. The number of aromatic carboxylic acids is 1. The Kier molecular flexibility index (Phi) is 4.34. The molecule has 0 saturated carbocycles. The zero-order chi connectivity index (χ0) is 13.0. The molecule has 17 heavy (non-hydrogen) atoms. The van der Waals surface area contributed by atoms with Crippen LogP contribution in [0.15, 0.2) is 18.2 Å². The fraction of sp³-hybridized carbons (Fsp3) is 0.273. The van der Waals surface area contributed by atoms with Gasteiger partial charge in [-0.2, -0.15) is 0 Å². The van der Waals surface area contributed by atoms with E-state index in [1.165, 1.54) is 18.2 Å². The quantitative estimate of drug-likeness (QED) is 0.873. The van der Waals surface area contributed by atoms with E-state index in [0.717, 1.165) is 0 Å². The zero-order valence-electron chi connectivity index (χ0n) is 9.36. The van der Waals surface area contributed by atoms with Gasteiger partial charge in [-0.1, -0.05) is 11.6 Å². The van der Waals surface area contributed by atoms with Crippen molar-refractivity contribution in [2.24, 2.45) is 0 Å². The molecular formula is C11H12ClNO4. The first-order valence-corrected chi connectivity index (χ1v) is 5.28. The predicted octanol–water partition coefficient (Wildman–Crippen LogP) is 3.00. The Morgan fingerprint density at radius 2 is 2.06 bits per heavy atom. The molecule has 1 aromatic carbocycles. The Bertz CT molecular complexity index is 445. The van der Waals surface area contributed by atoms with Gasteiger partial charge in [0, 0.05) is 5.02 Å². The van der Waals surface area contributed by atoms with Crippen molar-refractivity contribution in [2.75, 3.05) is 5.32 Å². The van der Waals surface area contributed by atoms with Gasteiger partial charge in [-0.05, 0) is 32.0 Å². The highest BCUT2D eigenvalue weighted by Gasteiger charge is 2.14. The van der Waals surface area contributed by atoms with Crippen molar-refractivity contribution in [1.29, 1.82) is 0 Å². The molecule has 92 valence electrons. The molecular weight excluding hydrogens is 246 g/mol. The van der Waals surface area contributed by atoms with E-state index in [9.17, 15) is 9.59 Å². The Hall–Kier alpha value is -1.75. The molecule has 0 aliphatic heterocycles. The third kappa shape index (κ3) is 3.96. The van der Waals surface area contributed by atoms with Gasteiger partial charge in [0.1, 0.15) is 0 Å². The maximum absolute atomic E-state index is 11.3. The molecule has 0 aliphatic rings. The summed E-state index contributed by atoms with van der Waals surface area (Å²) >= 11 is 5.73. The average molecular weight is 258 g/mol. The number of carbonyl (C=O) groups is 2. The molecule has 2 N–H and O–H groups in total. The van der Waals surface area contributed by atoms with Gasteiger partial charge in [-0.3, -0.25) is 5.32 Å². The predicted molar refractivity (Wildman–Crippen MR) is 63.7 cm³/mol. The zero-order valence-corrected chi connectivity index (χ0v) is 10.1. The molecule has 0 atom stereocenters. The number of ether oxygens (including phenoxy) is 1. The van der Waals surface area contributed by atoms with Crippen molar-refractivity contribution in [3.05, 3.63) is 28.8 Å². The van der Waals surface area contributed by atoms with Crippen molar-refractivity contribution in [3.63, 3.8) is 0 Å². The smallest absolute Gasteiger partial charge is 0.411 e. The number of carboxylic acid groups (broad SMARTS) is 1. The summed E-state index contributed by atoms with van der Waals surface area (Å²) in [5.41, 5.74) is 0.0609. The molecule has 1 rings (SSSR count). The molecule has 0 aliphatic carbocycles. The summed E-state index contributed by atoms with van der Waals surface area (Å²) in [7, 11) is 0. The number of hydrogen-bond donors (Lipinski definition) is 2. The van der Waals surface area contributed by atoms with Crippen LogP contribution >= 0.6 is 11.6 Å². The van der Waals surface area contributed by atoms with Crippen LogP contribution < -0.4 is 5.32 Å². The van der Waals surface area contributed by atoms with E-state index in [1.807, 2.05) is 0 Å². The number of benzene rings is 1. The van der Waals surface area contributed by atoms with Crippen LogP contribution in [0.4, 0.5) is 10.5 Å². The number of anilines is 1. The van der Waals surface area contributed by atoms with Crippen LogP contribution in [0.1, 0.15) is 24.2 Å². The van der Waals surface area contributed by atoms with Gasteiger partial charge >= 0.3 is 12.1 Å². The fourth-order valence-corrected chi connectivity index (χ4v) is 1.33. The first-order chi connectivity index (χ1) is 7.90. The topological polar surface area (TPSA) is 75.6 Å². The van der Waals surface area contributed by atoms with Gasteiger partial charge in [0.05, 0.1) is 17.4 Å². The van der Waals surface area contributed by atoms with E-state index in [4.69, 9.17) is 21.4 Å². The van der Waals surface area contributed by atoms with Crippen molar-refractivity contribution in [3.8, 4) is 0 Å². The number of nitrogens with one attached hydrogen (secondary N) is 1. The van der Waals surface area contributed by atoms with Crippen LogP contribution in [0.3, 0.4) is 0 Å². The third-order valence-corrected chi connectivity index (χ3v) is 2.03. The fourth-order valence-electron chi connectivity index (χ4n) is 1.16. The van der Waals surface area contributed by atoms with Gasteiger partial charge in [-0.25, -0.2) is 9.59 Å². The van der Waals surface area contributed by atoms with Crippen LogP contribution in [0.25, 0.3) is 0 Å². The van der Waals surface area contributed by atoms with Gasteiger partial charge in [0.15, 0.2) is 0 Å². The molecule has 0 bridgehead atoms. The lowest BCUT2D eigenvalue weighted by Crippen LogP contribution is -2.19. The Balaban J connectivity index is 2.92. The summed E-state index contributed by atoms with van der Waals surface area (Å²) in [5, 5.41) is 11.6. The molecule has 0 fully saturated rings. The first-order valence-electron chi connectivity index (χ1n) is 4.90. The van der Waals surface area contributed by atoms with Crippen LogP contribution in [0, 0.1) is 0 Å². The number of carbonyl (C=O) groups excluding carboxylic acids is 1. The maximum atomic E-state index is 11.3. The van der Waals surface area contributed by atoms with Crippen LogP contribution in [0.2, 0.25) is 5.02 Å². The molecule has 0 spiro atoms. The Morgan fingerprint density at radius 1 is 1.41 bits per heavy atom. The number of carboxylic acids is 1. The minimum atomic E-state index is -1.15. The lowest BCUT2D eigenvalue weighted by molar-refractivity contribution is 0.0698. The van der Waals surface area contributed by atoms with Crippen LogP contribution in [-0.2, 0) is 4.74 Å². The highest BCUT2D eigenvalue weighted by atomic mass is 35.5. The normalized spacial score (nSPS) is 10.1. The Labute approximate surface area is 103 Å². The van der Waals surface area contributed by atoms with Crippen LogP contribution in [0.5, 0.6) is 0 Å². The maximum Gasteiger partial charge on any atom is 0.411 e. The van der Waals surface area contributed by atoms with Crippen molar-refractivity contribution >= 4 is 29.4 Å². The van der Waals surface area contributed by atoms with Gasteiger partial charge in [0.2, 0.25) is 0 Å². The van der Waals surface area contributed by atoms with Gasteiger partial charge < -0.3 is 9.84 Å². The monoisotopic (exact) mass is 257 g/mol. The summed E-state index contributed by atoms with van der Waals surface area (Å²) in [4.78, 5) is 22.2. The minimum Gasteiger partial charge on any atom is -0.478 e. The number of hydrogen-bond acceptors (Lipinski definition) is 3. The Morgan fingerprint density at radius 3 is 2.59 bits per heavy atom. The van der Waals surface area contributed by atoms with Crippen molar-refractivity contribution in [1.82, 2.24) is 0 Å². The summed E-state index contributed by atoms with van der Waals surface area (Å²) in [5.74, 6) is -1.15. The molecule has 0 aromatic heterocycles.